The molecule has 1 fully saturated rings. The van der Waals surface area contributed by atoms with Crippen molar-refractivity contribution in [1.29, 1.82) is 0 Å². The molecule has 2 amide bonds. The summed E-state index contributed by atoms with van der Waals surface area (Å²) in [6, 6.07) is 10.3. The van der Waals surface area contributed by atoms with Gasteiger partial charge in [0.15, 0.2) is 0 Å². The highest BCUT2D eigenvalue weighted by Crippen LogP contribution is 2.28. The van der Waals surface area contributed by atoms with Crippen LogP contribution in [0.3, 0.4) is 0 Å². The first kappa shape index (κ1) is 17.8. The van der Waals surface area contributed by atoms with Gasteiger partial charge in [-0.15, -0.1) is 0 Å². The van der Waals surface area contributed by atoms with Gasteiger partial charge in [-0.2, -0.15) is 0 Å². The summed E-state index contributed by atoms with van der Waals surface area (Å²) < 4.78 is 0. The van der Waals surface area contributed by atoms with Crippen molar-refractivity contribution in [3.63, 3.8) is 0 Å². The van der Waals surface area contributed by atoms with Crippen LogP contribution in [0.15, 0.2) is 36.4 Å². The zero-order valence-electron chi connectivity index (χ0n) is 13.8. The number of aryl methyl sites for hydroxylation is 1. The number of rotatable bonds is 3. The summed E-state index contributed by atoms with van der Waals surface area (Å²) in [5.41, 5.74) is 2.95. The molecule has 0 bridgehead atoms. The van der Waals surface area contributed by atoms with Gasteiger partial charge in [0, 0.05) is 29.9 Å². The highest BCUT2D eigenvalue weighted by Gasteiger charge is 2.21. The lowest BCUT2D eigenvalue weighted by atomic mass is 10.1. The second-order valence-corrected chi connectivity index (χ2v) is 6.90. The first-order valence-electron chi connectivity index (χ1n) is 8.13. The Balaban J connectivity index is 1.77. The second kappa shape index (κ2) is 7.46. The summed E-state index contributed by atoms with van der Waals surface area (Å²) in [6.45, 7) is 2.68. The predicted molar refractivity (Wildman–Crippen MR) is 102 cm³/mol. The molecule has 130 valence electrons. The van der Waals surface area contributed by atoms with Crippen molar-refractivity contribution in [1.82, 2.24) is 0 Å². The van der Waals surface area contributed by atoms with Gasteiger partial charge < -0.3 is 10.2 Å². The zero-order chi connectivity index (χ0) is 18.0. The Labute approximate surface area is 156 Å². The fourth-order valence-corrected chi connectivity index (χ4v) is 3.24. The molecule has 3 rings (SSSR count). The van der Waals surface area contributed by atoms with E-state index in [4.69, 9.17) is 23.2 Å². The molecule has 0 spiro atoms. The van der Waals surface area contributed by atoms with Crippen molar-refractivity contribution >= 4 is 46.4 Å². The van der Waals surface area contributed by atoms with Crippen LogP contribution in [0.5, 0.6) is 0 Å². The van der Waals surface area contributed by atoms with Crippen molar-refractivity contribution in [3.05, 3.63) is 57.6 Å². The predicted octanol–water partition coefficient (Wildman–Crippen LogP) is 5.07. The standard InChI is InChI=1S/C19H18Cl2N2O2/c1-12-10-14(6-8-17(12)23-9-3-2-4-18(23)24)22-19(25)13-5-7-15(20)16(21)11-13/h5-8,10-11H,2-4,9H2,1H3,(H,22,25). The third-order valence-corrected chi connectivity index (χ3v) is 4.99. The average Bonchev–Trinajstić information content (AvgIpc) is 2.58. The summed E-state index contributed by atoms with van der Waals surface area (Å²) in [6.07, 6.45) is 2.56. The fourth-order valence-electron chi connectivity index (χ4n) is 2.94. The number of carbonyl (C=O) groups excluding carboxylic acids is 2. The normalized spacial score (nSPS) is 14.5. The van der Waals surface area contributed by atoms with Gasteiger partial charge in [-0.3, -0.25) is 9.59 Å². The third kappa shape index (κ3) is 3.97. The number of halogens is 2. The average molecular weight is 377 g/mol. The molecule has 0 saturated carbocycles. The molecule has 0 atom stereocenters. The molecule has 0 aromatic heterocycles. The molecule has 1 aliphatic rings. The minimum Gasteiger partial charge on any atom is -0.322 e. The smallest absolute Gasteiger partial charge is 0.255 e. The third-order valence-electron chi connectivity index (χ3n) is 4.25. The maximum absolute atomic E-state index is 12.4. The van der Waals surface area contributed by atoms with E-state index in [1.807, 2.05) is 24.0 Å². The summed E-state index contributed by atoms with van der Waals surface area (Å²) in [4.78, 5) is 26.3. The molecule has 6 heteroatoms. The molecule has 1 heterocycles. The van der Waals surface area contributed by atoms with Gasteiger partial charge in [-0.25, -0.2) is 0 Å². The van der Waals surface area contributed by atoms with Crippen LogP contribution >= 0.6 is 23.2 Å². The van der Waals surface area contributed by atoms with E-state index in [9.17, 15) is 9.59 Å². The van der Waals surface area contributed by atoms with Crippen LogP contribution < -0.4 is 10.2 Å². The van der Waals surface area contributed by atoms with Crippen LogP contribution in [-0.2, 0) is 4.79 Å². The van der Waals surface area contributed by atoms with Crippen LogP contribution in [0, 0.1) is 6.92 Å². The molecule has 1 saturated heterocycles. The first-order chi connectivity index (χ1) is 12.0. The van der Waals surface area contributed by atoms with Gasteiger partial charge in [0.25, 0.3) is 5.91 Å². The molecule has 0 aliphatic carbocycles. The summed E-state index contributed by atoms with van der Waals surface area (Å²) in [5.74, 6) is -0.110. The molecule has 1 aliphatic heterocycles. The van der Waals surface area contributed by atoms with E-state index >= 15 is 0 Å². The molecule has 0 radical (unpaired) electrons. The van der Waals surface area contributed by atoms with Crippen molar-refractivity contribution in [3.8, 4) is 0 Å². The number of nitrogens with one attached hydrogen (secondary N) is 1. The minimum atomic E-state index is -0.264. The molecule has 2 aromatic rings. The van der Waals surface area contributed by atoms with E-state index in [0.29, 0.717) is 27.7 Å². The van der Waals surface area contributed by atoms with E-state index in [0.717, 1.165) is 30.6 Å². The molecule has 1 N–H and O–H groups in total. The summed E-state index contributed by atoms with van der Waals surface area (Å²) in [7, 11) is 0. The maximum atomic E-state index is 12.4. The first-order valence-corrected chi connectivity index (χ1v) is 8.89. The molecule has 4 nitrogen and oxygen atoms in total. The fraction of sp³-hybridized carbons (Fsp3) is 0.263. The number of hydrogen-bond acceptors (Lipinski definition) is 2. The number of amides is 2. The van der Waals surface area contributed by atoms with Crippen molar-refractivity contribution < 1.29 is 9.59 Å². The van der Waals surface area contributed by atoms with Gasteiger partial charge in [0.1, 0.15) is 0 Å². The maximum Gasteiger partial charge on any atom is 0.255 e. The van der Waals surface area contributed by atoms with Crippen molar-refractivity contribution in [2.45, 2.75) is 26.2 Å². The van der Waals surface area contributed by atoms with Crippen LogP contribution in [-0.4, -0.2) is 18.4 Å². The van der Waals surface area contributed by atoms with Gasteiger partial charge in [0.05, 0.1) is 10.0 Å². The monoisotopic (exact) mass is 376 g/mol. The highest BCUT2D eigenvalue weighted by atomic mass is 35.5. The van der Waals surface area contributed by atoms with E-state index in [1.165, 1.54) is 6.07 Å². The van der Waals surface area contributed by atoms with Crippen LogP contribution in [0.25, 0.3) is 0 Å². The lowest BCUT2D eigenvalue weighted by Gasteiger charge is -2.28. The van der Waals surface area contributed by atoms with Crippen molar-refractivity contribution in [2.24, 2.45) is 0 Å². The number of piperidine rings is 1. The van der Waals surface area contributed by atoms with E-state index in [2.05, 4.69) is 5.32 Å². The topological polar surface area (TPSA) is 49.4 Å². The Morgan fingerprint density at radius 2 is 1.88 bits per heavy atom. The number of carbonyl (C=O) groups is 2. The highest BCUT2D eigenvalue weighted by molar-refractivity contribution is 6.42. The Morgan fingerprint density at radius 3 is 2.56 bits per heavy atom. The molecule has 2 aromatic carbocycles. The number of anilines is 2. The minimum absolute atomic E-state index is 0.155. The lowest BCUT2D eigenvalue weighted by Crippen LogP contribution is -2.35. The van der Waals surface area contributed by atoms with Crippen LogP contribution in [0.4, 0.5) is 11.4 Å². The van der Waals surface area contributed by atoms with E-state index in [-0.39, 0.29) is 11.8 Å². The quantitative estimate of drug-likeness (QED) is 0.812. The molecule has 25 heavy (non-hydrogen) atoms. The molecular weight excluding hydrogens is 359 g/mol. The molecule has 0 unspecified atom stereocenters. The number of hydrogen-bond donors (Lipinski definition) is 1. The van der Waals surface area contributed by atoms with Crippen LogP contribution in [0.2, 0.25) is 10.0 Å². The Kier molecular flexibility index (Phi) is 5.30. The summed E-state index contributed by atoms with van der Waals surface area (Å²) in [5, 5.41) is 3.59. The second-order valence-electron chi connectivity index (χ2n) is 6.09. The van der Waals surface area contributed by atoms with Crippen molar-refractivity contribution in [2.75, 3.05) is 16.8 Å². The lowest BCUT2D eigenvalue weighted by molar-refractivity contribution is -0.119. The van der Waals surface area contributed by atoms with Gasteiger partial charge >= 0.3 is 0 Å². The number of benzene rings is 2. The Hall–Kier alpha value is -2.04. The van der Waals surface area contributed by atoms with Gasteiger partial charge in [-0.1, -0.05) is 23.2 Å². The Bertz CT molecular complexity index is 836. The summed E-state index contributed by atoms with van der Waals surface area (Å²) >= 11 is 11.8. The van der Waals surface area contributed by atoms with Crippen LogP contribution in [0.1, 0.15) is 35.2 Å². The van der Waals surface area contributed by atoms with E-state index in [1.54, 1.807) is 18.2 Å². The Morgan fingerprint density at radius 1 is 1.08 bits per heavy atom. The zero-order valence-corrected chi connectivity index (χ0v) is 15.3. The van der Waals surface area contributed by atoms with Gasteiger partial charge in [0.2, 0.25) is 5.91 Å². The van der Waals surface area contributed by atoms with E-state index < -0.39 is 0 Å². The SMILES string of the molecule is Cc1cc(NC(=O)c2ccc(Cl)c(Cl)c2)ccc1N1CCCCC1=O. The molecular formula is C19H18Cl2N2O2. The largest absolute Gasteiger partial charge is 0.322 e. The van der Waals surface area contributed by atoms with Gasteiger partial charge in [-0.05, 0) is 61.7 Å². The number of nitrogens with zero attached hydrogens (tertiary/aromatic N) is 1.